The Kier molecular flexibility index (Phi) is 55.4. The smallest absolute Gasteiger partial charge is 0.249 e. The molecule has 1 fully saturated rings. The molecule has 1 rings (SSSR count). The Morgan fingerprint density at radius 2 is 0.731 bits per heavy atom. The van der Waals surface area contributed by atoms with Crippen molar-refractivity contribution in [2.75, 3.05) is 13.2 Å². The number of nitrogens with one attached hydrogen (secondary N) is 1. The molecule has 8 atom stereocenters. The highest BCUT2D eigenvalue weighted by Gasteiger charge is 2.44. The van der Waals surface area contributed by atoms with Crippen molar-refractivity contribution in [1.82, 2.24) is 5.32 Å². The van der Waals surface area contributed by atoms with Crippen LogP contribution in [0.25, 0.3) is 0 Å². The second-order valence-corrected chi connectivity index (χ2v) is 24.5. The second-order valence-electron chi connectivity index (χ2n) is 24.5. The van der Waals surface area contributed by atoms with Gasteiger partial charge in [0.15, 0.2) is 6.29 Å². The lowest BCUT2D eigenvalue weighted by atomic mass is 9.99. The monoisotopic (exact) mass is 1110 g/mol. The van der Waals surface area contributed by atoms with Gasteiger partial charge >= 0.3 is 0 Å². The third kappa shape index (κ3) is 45.4. The van der Waals surface area contributed by atoms with Crippen LogP contribution in [-0.4, -0.2) is 98.7 Å². The zero-order valence-electron chi connectivity index (χ0n) is 51.6. The Labute approximate surface area is 482 Å². The molecule has 1 amide bonds. The van der Waals surface area contributed by atoms with Gasteiger partial charge in [-0.2, -0.15) is 0 Å². The minimum Gasteiger partial charge on any atom is -0.394 e. The molecule has 10 heteroatoms. The lowest BCUT2D eigenvalue weighted by molar-refractivity contribution is -0.302. The first-order chi connectivity index (χ1) is 38.3. The quantitative estimate of drug-likeness (QED) is 0.0232. The minimum absolute atomic E-state index is 0.300. The van der Waals surface area contributed by atoms with Gasteiger partial charge in [0.25, 0.3) is 0 Å². The molecule has 1 heterocycles. The van der Waals surface area contributed by atoms with Crippen molar-refractivity contribution in [1.29, 1.82) is 0 Å². The number of unbranched alkanes of at least 4 members (excludes halogenated alkanes) is 50. The fourth-order valence-electron chi connectivity index (χ4n) is 11.5. The molecule has 0 aromatic carbocycles. The molecule has 0 radical (unpaired) electrons. The van der Waals surface area contributed by atoms with E-state index in [2.05, 4.69) is 19.2 Å². The van der Waals surface area contributed by atoms with E-state index < -0.39 is 61.5 Å². The Hall–Kier alpha value is -1.11. The molecule has 10 nitrogen and oxygen atoms in total. The van der Waals surface area contributed by atoms with E-state index in [1.165, 1.54) is 289 Å². The number of allylic oxidation sites excluding steroid dienone is 1. The zero-order valence-corrected chi connectivity index (χ0v) is 51.6. The van der Waals surface area contributed by atoms with E-state index in [4.69, 9.17) is 9.47 Å². The Bertz CT molecular complexity index is 1250. The number of carbonyl (C=O) groups is 1. The number of hydrogen-bond donors (Lipinski definition) is 7. The highest BCUT2D eigenvalue weighted by molar-refractivity contribution is 5.80. The Morgan fingerprint density at radius 1 is 0.436 bits per heavy atom. The summed E-state index contributed by atoms with van der Waals surface area (Å²) >= 11 is 0. The first-order valence-corrected chi connectivity index (χ1v) is 34.5. The maximum Gasteiger partial charge on any atom is 0.249 e. The standard InChI is InChI=1S/C68H133NO9/c1-3-5-7-9-11-13-15-17-19-20-21-22-23-24-25-26-27-28-29-30-31-32-33-34-35-36-37-38-39-40-41-43-45-47-49-51-53-55-57-62(72)67(76)69-60(59-77-68-66(75)65(74)64(73)63(58-70)78-68)61(71)56-54-52-50-48-46-44-42-18-16-14-12-10-8-6-4-2/h54,56,60-66,68,70-75H,3-53,55,57-59H2,1-2H3,(H,69,76)/b56-54+. The molecule has 0 bridgehead atoms. The van der Waals surface area contributed by atoms with Crippen molar-refractivity contribution < 1.29 is 44.9 Å². The van der Waals surface area contributed by atoms with Crippen molar-refractivity contribution in [3.63, 3.8) is 0 Å². The van der Waals surface area contributed by atoms with Gasteiger partial charge in [0.1, 0.15) is 30.5 Å². The van der Waals surface area contributed by atoms with Crippen molar-refractivity contribution in [3.8, 4) is 0 Å². The molecule has 464 valence electrons. The fraction of sp³-hybridized carbons (Fsp3) is 0.956. The van der Waals surface area contributed by atoms with Gasteiger partial charge in [-0.05, 0) is 19.3 Å². The average molecular weight is 1110 g/mol. The van der Waals surface area contributed by atoms with Crippen molar-refractivity contribution >= 4 is 5.91 Å². The zero-order chi connectivity index (χ0) is 56.6. The van der Waals surface area contributed by atoms with Crippen LogP contribution in [0.5, 0.6) is 0 Å². The summed E-state index contributed by atoms with van der Waals surface area (Å²) in [5, 5.41) is 65.2. The first kappa shape index (κ1) is 74.9. The van der Waals surface area contributed by atoms with Crippen LogP contribution in [-0.2, 0) is 14.3 Å². The van der Waals surface area contributed by atoms with Gasteiger partial charge in [-0.25, -0.2) is 0 Å². The largest absolute Gasteiger partial charge is 0.394 e. The molecule has 0 aliphatic carbocycles. The maximum absolute atomic E-state index is 13.2. The molecule has 7 N–H and O–H groups in total. The number of rotatable bonds is 61. The van der Waals surface area contributed by atoms with Gasteiger partial charge in [-0.15, -0.1) is 0 Å². The predicted octanol–water partition coefficient (Wildman–Crippen LogP) is 17.3. The number of hydrogen-bond acceptors (Lipinski definition) is 9. The Balaban J connectivity index is 2.05. The Morgan fingerprint density at radius 3 is 1.04 bits per heavy atom. The van der Waals surface area contributed by atoms with E-state index in [0.717, 1.165) is 44.9 Å². The molecular formula is C68H133NO9. The third-order valence-corrected chi connectivity index (χ3v) is 17.0. The SMILES string of the molecule is CCCCCCCCCCCCCCC/C=C/C(O)C(COC1OC(CO)C(O)C(O)C1O)NC(=O)C(O)CCCCCCCCCCCCCCCCCCCCCCCCCCCCCCCCCCCCCCCC. The summed E-state index contributed by atoms with van der Waals surface area (Å²) in [4.78, 5) is 13.2. The van der Waals surface area contributed by atoms with Crippen LogP contribution >= 0.6 is 0 Å². The number of amides is 1. The molecule has 1 saturated heterocycles. The van der Waals surface area contributed by atoms with E-state index in [-0.39, 0.29) is 6.61 Å². The summed E-state index contributed by atoms with van der Waals surface area (Å²) in [6.07, 6.45) is 63.7. The predicted molar refractivity (Wildman–Crippen MR) is 329 cm³/mol. The normalized spacial score (nSPS) is 19.0. The van der Waals surface area contributed by atoms with Crippen LogP contribution in [0.15, 0.2) is 12.2 Å². The van der Waals surface area contributed by atoms with Gasteiger partial charge in [-0.3, -0.25) is 4.79 Å². The highest BCUT2D eigenvalue weighted by atomic mass is 16.7. The van der Waals surface area contributed by atoms with E-state index in [1.54, 1.807) is 6.08 Å². The van der Waals surface area contributed by atoms with Crippen LogP contribution in [0, 0.1) is 0 Å². The summed E-state index contributed by atoms with van der Waals surface area (Å²) in [6.45, 7) is 3.66. The number of aliphatic hydroxyl groups is 6. The highest BCUT2D eigenvalue weighted by Crippen LogP contribution is 2.24. The number of aliphatic hydroxyl groups excluding tert-OH is 6. The minimum atomic E-state index is -1.61. The molecule has 8 unspecified atom stereocenters. The number of carbonyl (C=O) groups excluding carboxylic acids is 1. The van der Waals surface area contributed by atoms with E-state index in [9.17, 15) is 35.4 Å². The van der Waals surface area contributed by atoms with Crippen LogP contribution in [0.4, 0.5) is 0 Å². The average Bonchev–Trinajstić information content (AvgIpc) is 3.44. The summed E-state index contributed by atoms with van der Waals surface area (Å²) < 4.78 is 11.2. The van der Waals surface area contributed by atoms with Crippen molar-refractivity contribution in [2.24, 2.45) is 0 Å². The molecule has 0 aromatic rings. The molecule has 1 aliphatic heterocycles. The third-order valence-electron chi connectivity index (χ3n) is 17.0. The van der Waals surface area contributed by atoms with Crippen molar-refractivity contribution in [2.45, 2.75) is 403 Å². The van der Waals surface area contributed by atoms with Gasteiger partial charge < -0.3 is 45.4 Å². The van der Waals surface area contributed by atoms with Crippen LogP contribution in [0.3, 0.4) is 0 Å². The lowest BCUT2D eigenvalue weighted by Gasteiger charge is -2.40. The van der Waals surface area contributed by atoms with Crippen LogP contribution in [0.2, 0.25) is 0 Å². The van der Waals surface area contributed by atoms with Crippen LogP contribution in [0.1, 0.15) is 354 Å². The first-order valence-electron chi connectivity index (χ1n) is 34.5. The summed E-state index contributed by atoms with van der Waals surface area (Å²) in [7, 11) is 0. The molecule has 0 saturated carbocycles. The topological polar surface area (TPSA) is 169 Å². The lowest BCUT2D eigenvalue weighted by Crippen LogP contribution is -2.60. The summed E-state index contributed by atoms with van der Waals surface area (Å²) in [5.41, 5.74) is 0. The van der Waals surface area contributed by atoms with Gasteiger partial charge in [0, 0.05) is 0 Å². The molecule has 1 aliphatic rings. The molecule has 0 aromatic heterocycles. The maximum atomic E-state index is 13.2. The van der Waals surface area contributed by atoms with E-state index >= 15 is 0 Å². The van der Waals surface area contributed by atoms with Crippen LogP contribution < -0.4 is 5.32 Å². The fourth-order valence-corrected chi connectivity index (χ4v) is 11.5. The van der Waals surface area contributed by atoms with E-state index in [0.29, 0.717) is 6.42 Å². The van der Waals surface area contributed by atoms with E-state index in [1.807, 2.05) is 6.08 Å². The molecule has 78 heavy (non-hydrogen) atoms. The summed E-state index contributed by atoms with van der Waals surface area (Å²) in [5.74, 6) is -0.608. The summed E-state index contributed by atoms with van der Waals surface area (Å²) in [6, 6.07) is -0.977. The van der Waals surface area contributed by atoms with Gasteiger partial charge in [0.05, 0.1) is 25.4 Å². The second kappa shape index (κ2) is 57.7. The van der Waals surface area contributed by atoms with Gasteiger partial charge in [-0.1, -0.05) is 347 Å². The molecular weight excluding hydrogens is 975 g/mol. The number of ether oxygens (including phenoxy) is 2. The molecule has 0 spiro atoms. The van der Waals surface area contributed by atoms with Gasteiger partial charge in [0.2, 0.25) is 5.91 Å². The van der Waals surface area contributed by atoms with Crippen molar-refractivity contribution in [3.05, 3.63) is 12.2 Å².